The van der Waals surface area contributed by atoms with Crippen molar-refractivity contribution in [1.29, 1.82) is 0 Å². The number of nitrogens with zero attached hydrogens (tertiary/aromatic N) is 1. The Balaban J connectivity index is 2.49. The molecule has 0 saturated carbocycles. The van der Waals surface area contributed by atoms with Gasteiger partial charge >= 0.3 is 0 Å². The second kappa shape index (κ2) is 4.12. The summed E-state index contributed by atoms with van der Waals surface area (Å²) >= 11 is 4.60. The van der Waals surface area contributed by atoms with E-state index >= 15 is 0 Å². The molecule has 0 unspecified atom stereocenters. The Bertz CT molecular complexity index is 492. The summed E-state index contributed by atoms with van der Waals surface area (Å²) in [7, 11) is 0. The molecule has 0 fully saturated rings. The van der Waals surface area contributed by atoms with Crippen LogP contribution >= 0.6 is 27.3 Å². The molecule has 3 nitrogen and oxygen atoms in total. The topological polar surface area (TPSA) is 56.0 Å². The first kappa shape index (κ1) is 10.3. The summed E-state index contributed by atoms with van der Waals surface area (Å²) in [6.45, 7) is 0. The molecule has 15 heavy (non-hydrogen) atoms. The quantitative estimate of drug-likeness (QED) is 0.861. The summed E-state index contributed by atoms with van der Waals surface area (Å²) in [4.78, 5) is 15.8. The molecule has 2 aromatic heterocycles. The van der Waals surface area contributed by atoms with Crippen molar-refractivity contribution in [2.75, 3.05) is 0 Å². The normalized spacial score (nSPS) is 10.2. The van der Waals surface area contributed by atoms with E-state index in [1.165, 1.54) is 11.3 Å². The van der Waals surface area contributed by atoms with Gasteiger partial charge in [0.2, 0.25) is 0 Å². The number of hydrogen-bond donors (Lipinski definition) is 1. The molecule has 0 aliphatic carbocycles. The molecule has 0 radical (unpaired) electrons. The number of halogens is 1. The maximum absolute atomic E-state index is 11.1. The minimum atomic E-state index is -0.400. The first-order chi connectivity index (χ1) is 7.18. The van der Waals surface area contributed by atoms with Gasteiger partial charge in [0, 0.05) is 17.3 Å². The number of primary amides is 1. The molecular formula is C10H7BrN2OS. The Labute approximate surface area is 99.1 Å². The Morgan fingerprint density at radius 1 is 1.40 bits per heavy atom. The van der Waals surface area contributed by atoms with Crippen LogP contribution in [0.15, 0.2) is 34.4 Å². The van der Waals surface area contributed by atoms with Crippen molar-refractivity contribution >= 4 is 33.2 Å². The van der Waals surface area contributed by atoms with Gasteiger partial charge in [0.1, 0.15) is 4.60 Å². The van der Waals surface area contributed by atoms with Crippen LogP contribution in [0, 0.1) is 0 Å². The van der Waals surface area contributed by atoms with Gasteiger partial charge in [-0.25, -0.2) is 4.98 Å². The fraction of sp³-hybridized carbons (Fsp3) is 0. The summed E-state index contributed by atoms with van der Waals surface area (Å²) in [6.07, 6.45) is 1.71. The first-order valence-corrected chi connectivity index (χ1v) is 5.85. The number of carbonyl (C=O) groups excluding carboxylic acids is 1. The Kier molecular flexibility index (Phi) is 2.83. The lowest BCUT2D eigenvalue weighted by molar-refractivity contribution is 0.100. The fourth-order valence-corrected chi connectivity index (χ4v) is 2.27. The minimum Gasteiger partial charge on any atom is -0.365 e. The number of pyridine rings is 1. The fourth-order valence-electron chi connectivity index (χ4n) is 1.26. The summed E-state index contributed by atoms with van der Waals surface area (Å²) in [5.41, 5.74) is 7.00. The van der Waals surface area contributed by atoms with Crippen LogP contribution in [0.4, 0.5) is 0 Å². The maximum atomic E-state index is 11.1. The van der Waals surface area contributed by atoms with Crippen LogP contribution < -0.4 is 5.73 Å². The number of thiophene rings is 1. The number of nitrogens with two attached hydrogens (primary N) is 1. The molecule has 0 spiro atoms. The van der Waals surface area contributed by atoms with Crippen LogP contribution in [-0.4, -0.2) is 10.9 Å². The number of aromatic nitrogens is 1. The van der Waals surface area contributed by atoms with Gasteiger partial charge in [-0.1, -0.05) is 6.07 Å². The van der Waals surface area contributed by atoms with Crippen LogP contribution in [-0.2, 0) is 0 Å². The van der Waals surface area contributed by atoms with E-state index in [1.807, 2.05) is 23.6 Å². The first-order valence-electron chi connectivity index (χ1n) is 4.17. The van der Waals surface area contributed by atoms with Gasteiger partial charge in [-0.3, -0.25) is 4.79 Å². The molecule has 0 aliphatic heterocycles. The number of hydrogen-bond acceptors (Lipinski definition) is 3. The standard InChI is InChI=1S/C10H7BrN2OS/c11-8-2-1-6(5-13-8)7-3-4-15-9(7)10(12)14/h1-5H,(H2,12,14). The van der Waals surface area contributed by atoms with Crippen LogP contribution in [0.25, 0.3) is 11.1 Å². The molecule has 0 aliphatic rings. The smallest absolute Gasteiger partial charge is 0.259 e. The highest BCUT2D eigenvalue weighted by atomic mass is 79.9. The van der Waals surface area contributed by atoms with Gasteiger partial charge in [0.05, 0.1) is 4.88 Å². The van der Waals surface area contributed by atoms with E-state index in [4.69, 9.17) is 5.73 Å². The molecule has 76 valence electrons. The number of amides is 1. The lowest BCUT2D eigenvalue weighted by atomic mass is 10.1. The number of carbonyl (C=O) groups is 1. The van der Waals surface area contributed by atoms with E-state index in [0.29, 0.717) is 4.88 Å². The van der Waals surface area contributed by atoms with Crippen molar-refractivity contribution < 1.29 is 4.79 Å². The van der Waals surface area contributed by atoms with Gasteiger partial charge in [-0.2, -0.15) is 0 Å². The lowest BCUT2D eigenvalue weighted by Crippen LogP contribution is -2.09. The highest BCUT2D eigenvalue weighted by Gasteiger charge is 2.11. The molecule has 0 saturated heterocycles. The maximum Gasteiger partial charge on any atom is 0.259 e. The molecule has 0 bridgehead atoms. The van der Waals surface area contributed by atoms with Gasteiger partial charge in [0.25, 0.3) is 5.91 Å². The van der Waals surface area contributed by atoms with Crippen molar-refractivity contribution in [1.82, 2.24) is 4.98 Å². The average Bonchev–Trinajstić information content (AvgIpc) is 2.67. The van der Waals surface area contributed by atoms with E-state index in [9.17, 15) is 4.79 Å². The van der Waals surface area contributed by atoms with E-state index in [0.717, 1.165) is 15.7 Å². The third kappa shape index (κ3) is 2.08. The second-order valence-corrected chi connectivity index (χ2v) is 4.63. The third-order valence-electron chi connectivity index (χ3n) is 1.93. The van der Waals surface area contributed by atoms with Gasteiger partial charge < -0.3 is 5.73 Å². The summed E-state index contributed by atoms with van der Waals surface area (Å²) in [5.74, 6) is -0.400. The van der Waals surface area contributed by atoms with Gasteiger partial charge in [-0.15, -0.1) is 11.3 Å². The van der Waals surface area contributed by atoms with E-state index in [-0.39, 0.29) is 0 Å². The van der Waals surface area contributed by atoms with Gasteiger partial charge in [0.15, 0.2) is 0 Å². The molecule has 0 atom stereocenters. The highest BCUT2D eigenvalue weighted by Crippen LogP contribution is 2.27. The Morgan fingerprint density at radius 3 is 2.80 bits per heavy atom. The molecule has 2 heterocycles. The van der Waals surface area contributed by atoms with Gasteiger partial charge in [-0.05, 0) is 33.4 Å². The molecule has 5 heteroatoms. The molecule has 1 amide bonds. The van der Waals surface area contributed by atoms with Crippen molar-refractivity contribution in [3.63, 3.8) is 0 Å². The molecule has 2 N–H and O–H groups in total. The third-order valence-corrected chi connectivity index (χ3v) is 3.33. The van der Waals surface area contributed by atoms with Crippen LogP contribution in [0.1, 0.15) is 9.67 Å². The monoisotopic (exact) mass is 282 g/mol. The summed E-state index contributed by atoms with van der Waals surface area (Å²) < 4.78 is 0.766. The van der Waals surface area contributed by atoms with Crippen molar-refractivity contribution in [3.8, 4) is 11.1 Å². The van der Waals surface area contributed by atoms with Crippen molar-refractivity contribution in [2.45, 2.75) is 0 Å². The molecule has 2 rings (SSSR count). The molecular weight excluding hydrogens is 276 g/mol. The average molecular weight is 283 g/mol. The Hall–Kier alpha value is -1.20. The SMILES string of the molecule is NC(=O)c1sccc1-c1ccc(Br)nc1. The zero-order chi connectivity index (χ0) is 10.8. The van der Waals surface area contributed by atoms with Crippen molar-refractivity contribution in [3.05, 3.63) is 39.3 Å². The molecule has 0 aromatic carbocycles. The minimum absolute atomic E-state index is 0.400. The predicted molar refractivity (Wildman–Crippen MR) is 63.8 cm³/mol. The largest absolute Gasteiger partial charge is 0.365 e. The Morgan fingerprint density at radius 2 is 2.20 bits per heavy atom. The highest BCUT2D eigenvalue weighted by molar-refractivity contribution is 9.10. The van der Waals surface area contributed by atoms with Crippen LogP contribution in [0.3, 0.4) is 0 Å². The van der Waals surface area contributed by atoms with Crippen molar-refractivity contribution in [2.24, 2.45) is 5.73 Å². The van der Waals surface area contributed by atoms with E-state index < -0.39 is 5.91 Å². The van der Waals surface area contributed by atoms with E-state index in [1.54, 1.807) is 6.20 Å². The van der Waals surface area contributed by atoms with E-state index in [2.05, 4.69) is 20.9 Å². The van der Waals surface area contributed by atoms with Crippen LogP contribution in [0.5, 0.6) is 0 Å². The number of rotatable bonds is 2. The zero-order valence-corrected chi connectivity index (χ0v) is 10.0. The summed E-state index contributed by atoms with van der Waals surface area (Å²) in [5, 5.41) is 1.84. The zero-order valence-electron chi connectivity index (χ0n) is 7.61. The lowest BCUT2D eigenvalue weighted by Gasteiger charge is -2.00. The second-order valence-electron chi connectivity index (χ2n) is 2.90. The van der Waals surface area contributed by atoms with Crippen LogP contribution in [0.2, 0.25) is 0 Å². The molecule has 2 aromatic rings. The predicted octanol–water partition coefficient (Wildman–Crippen LogP) is 2.67. The summed E-state index contributed by atoms with van der Waals surface area (Å²) in [6, 6.07) is 5.60.